The molecular formula is C24H24BrNO5. The summed E-state index contributed by atoms with van der Waals surface area (Å²) < 4.78 is 18.1. The minimum absolute atomic E-state index is 0.0314. The maximum Gasteiger partial charge on any atom is 0.316 e. The number of furan rings is 1. The predicted molar refractivity (Wildman–Crippen MR) is 118 cm³/mol. The highest BCUT2D eigenvalue weighted by atomic mass is 79.9. The van der Waals surface area contributed by atoms with E-state index in [2.05, 4.69) is 27.8 Å². The molecule has 2 heterocycles. The van der Waals surface area contributed by atoms with Crippen LogP contribution in [0.3, 0.4) is 0 Å². The van der Waals surface area contributed by atoms with Crippen LogP contribution in [0.25, 0.3) is 0 Å². The van der Waals surface area contributed by atoms with Crippen LogP contribution in [-0.2, 0) is 20.9 Å². The van der Waals surface area contributed by atoms with Crippen molar-refractivity contribution in [2.75, 3.05) is 6.61 Å². The van der Waals surface area contributed by atoms with Crippen molar-refractivity contribution in [3.63, 3.8) is 0 Å². The lowest BCUT2D eigenvalue weighted by molar-refractivity contribution is -0.147. The summed E-state index contributed by atoms with van der Waals surface area (Å²) in [5, 5.41) is 3.19. The molecule has 1 N–H and O–H groups in total. The number of carbonyl (C=O) groups excluding carboxylic acids is 2. The zero-order valence-corrected chi connectivity index (χ0v) is 18.9. The van der Waals surface area contributed by atoms with Crippen LogP contribution in [-0.4, -0.2) is 18.4 Å². The lowest BCUT2D eigenvalue weighted by Crippen LogP contribution is -2.41. The lowest BCUT2D eigenvalue weighted by atomic mass is 9.73. The maximum atomic E-state index is 12.8. The molecule has 1 aliphatic heterocycles. The van der Waals surface area contributed by atoms with Gasteiger partial charge in [-0.3, -0.25) is 9.59 Å². The quantitative estimate of drug-likeness (QED) is 0.579. The monoisotopic (exact) mass is 485 g/mol. The van der Waals surface area contributed by atoms with Gasteiger partial charge < -0.3 is 19.2 Å². The standard InChI is InChI=1S/C24H24BrNO5/c1-3-29-24(28)21-14(2)26-18-8-5-9-19(27)22(18)23(21)20-11-10-17(31-20)13-30-16-7-4-6-15(25)12-16/h4,6-7,10-12,21,23,26H,2-3,5,8-9,13H2,1H3. The zero-order chi connectivity index (χ0) is 22.0. The van der Waals surface area contributed by atoms with Gasteiger partial charge in [-0.1, -0.05) is 28.6 Å². The summed E-state index contributed by atoms with van der Waals surface area (Å²) in [5.41, 5.74) is 1.96. The minimum atomic E-state index is -0.731. The van der Waals surface area contributed by atoms with Crippen molar-refractivity contribution in [1.82, 2.24) is 5.32 Å². The van der Waals surface area contributed by atoms with Crippen molar-refractivity contribution in [3.8, 4) is 5.75 Å². The van der Waals surface area contributed by atoms with Gasteiger partial charge in [0.15, 0.2) is 5.78 Å². The Balaban J connectivity index is 1.64. The summed E-state index contributed by atoms with van der Waals surface area (Å²) >= 11 is 3.42. The van der Waals surface area contributed by atoms with Gasteiger partial charge in [0, 0.05) is 27.9 Å². The minimum Gasteiger partial charge on any atom is -0.486 e. The molecule has 0 fully saturated rings. The summed E-state index contributed by atoms with van der Waals surface area (Å²) in [6.45, 7) is 6.29. The number of esters is 1. The van der Waals surface area contributed by atoms with Crippen molar-refractivity contribution >= 4 is 27.7 Å². The van der Waals surface area contributed by atoms with Crippen LogP contribution < -0.4 is 10.1 Å². The molecule has 31 heavy (non-hydrogen) atoms. The number of hydrogen-bond acceptors (Lipinski definition) is 6. The highest BCUT2D eigenvalue weighted by molar-refractivity contribution is 9.10. The summed E-state index contributed by atoms with van der Waals surface area (Å²) in [7, 11) is 0. The van der Waals surface area contributed by atoms with Crippen LogP contribution >= 0.6 is 15.9 Å². The molecule has 0 saturated carbocycles. The van der Waals surface area contributed by atoms with Gasteiger partial charge in [0.25, 0.3) is 0 Å². The second-order valence-corrected chi connectivity index (χ2v) is 8.49. The number of ether oxygens (including phenoxy) is 2. The summed E-state index contributed by atoms with van der Waals surface area (Å²) in [6, 6.07) is 11.2. The Labute approximate surface area is 189 Å². The molecule has 4 rings (SSSR count). The number of rotatable bonds is 6. The molecule has 6 nitrogen and oxygen atoms in total. The van der Waals surface area contributed by atoms with Gasteiger partial charge in [-0.05, 0) is 50.1 Å². The highest BCUT2D eigenvalue weighted by Crippen LogP contribution is 2.44. The van der Waals surface area contributed by atoms with E-state index in [1.807, 2.05) is 36.4 Å². The average molecular weight is 486 g/mol. The fraction of sp³-hybridized carbons (Fsp3) is 0.333. The van der Waals surface area contributed by atoms with Crippen molar-refractivity contribution in [2.45, 2.75) is 38.7 Å². The van der Waals surface area contributed by atoms with Crippen LogP contribution in [0.15, 0.2) is 68.8 Å². The predicted octanol–water partition coefficient (Wildman–Crippen LogP) is 5.01. The van der Waals surface area contributed by atoms with E-state index in [1.54, 1.807) is 6.92 Å². The molecule has 2 aliphatic rings. The molecule has 2 atom stereocenters. The Morgan fingerprint density at radius 1 is 1.29 bits per heavy atom. The number of benzene rings is 1. The number of nitrogens with one attached hydrogen (secondary N) is 1. The molecule has 0 spiro atoms. The zero-order valence-electron chi connectivity index (χ0n) is 17.3. The average Bonchev–Trinajstić information content (AvgIpc) is 3.20. The summed E-state index contributed by atoms with van der Waals surface area (Å²) in [4.78, 5) is 25.6. The first-order chi connectivity index (χ1) is 15.0. The third kappa shape index (κ3) is 4.46. The molecule has 0 bridgehead atoms. The number of carbonyl (C=O) groups is 2. The summed E-state index contributed by atoms with van der Waals surface area (Å²) in [6.07, 6.45) is 1.98. The Hall–Kier alpha value is -2.80. The maximum absolute atomic E-state index is 12.8. The fourth-order valence-electron chi connectivity index (χ4n) is 4.16. The van der Waals surface area contributed by atoms with E-state index >= 15 is 0 Å². The van der Waals surface area contributed by atoms with Gasteiger partial charge >= 0.3 is 5.97 Å². The normalized spacial score (nSPS) is 20.8. The first-order valence-electron chi connectivity index (χ1n) is 10.3. The highest BCUT2D eigenvalue weighted by Gasteiger charge is 2.45. The smallest absolute Gasteiger partial charge is 0.316 e. The molecule has 162 valence electrons. The SMILES string of the molecule is C=C1NC2=C(C(=O)CCC2)C(c2ccc(COc3cccc(Br)c3)o2)C1C(=O)OCC. The van der Waals surface area contributed by atoms with E-state index in [0.717, 1.165) is 23.0 Å². The van der Waals surface area contributed by atoms with E-state index in [1.165, 1.54) is 0 Å². The van der Waals surface area contributed by atoms with Gasteiger partial charge in [-0.15, -0.1) is 0 Å². The lowest BCUT2D eigenvalue weighted by Gasteiger charge is -2.36. The molecule has 1 aromatic carbocycles. The molecule has 2 aromatic rings. The molecule has 7 heteroatoms. The van der Waals surface area contributed by atoms with Crippen molar-refractivity contribution in [2.24, 2.45) is 5.92 Å². The molecule has 0 amide bonds. The number of hydrogen-bond donors (Lipinski definition) is 1. The van der Waals surface area contributed by atoms with E-state index in [-0.39, 0.29) is 19.0 Å². The number of ketones is 1. The van der Waals surface area contributed by atoms with Crippen LogP contribution in [0.2, 0.25) is 0 Å². The first kappa shape index (κ1) is 21.4. The van der Waals surface area contributed by atoms with E-state index in [4.69, 9.17) is 13.9 Å². The molecule has 1 aliphatic carbocycles. The number of allylic oxidation sites excluding steroid dienone is 2. The van der Waals surface area contributed by atoms with Gasteiger partial charge in [0.2, 0.25) is 0 Å². The van der Waals surface area contributed by atoms with Crippen LogP contribution in [0.4, 0.5) is 0 Å². The van der Waals surface area contributed by atoms with Gasteiger partial charge in [0.1, 0.15) is 29.8 Å². The number of Topliss-reactive ketones (excluding diaryl/α,β-unsaturated/α-hetero) is 1. The molecule has 1 aromatic heterocycles. The molecule has 2 unspecified atom stereocenters. The van der Waals surface area contributed by atoms with Gasteiger partial charge in [-0.2, -0.15) is 0 Å². The Morgan fingerprint density at radius 2 is 2.13 bits per heavy atom. The summed E-state index contributed by atoms with van der Waals surface area (Å²) in [5.74, 6) is 0.172. The van der Waals surface area contributed by atoms with E-state index in [9.17, 15) is 9.59 Å². The molecular weight excluding hydrogens is 462 g/mol. The van der Waals surface area contributed by atoms with Crippen LogP contribution in [0, 0.1) is 5.92 Å². The first-order valence-corrected chi connectivity index (χ1v) is 11.1. The van der Waals surface area contributed by atoms with Gasteiger partial charge in [0.05, 0.1) is 12.5 Å². The van der Waals surface area contributed by atoms with Crippen molar-refractivity contribution < 1.29 is 23.5 Å². The van der Waals surface area contributed by atoms with Crippen molar-refractivity contribution in [1.29, 1.82) is 0 Å². The fourth-order valence-corrected chi connectivity index (χ4v) is 4.54. The van der Waals surface area contributed by atoms with Crippen LogP contribution in [0.5, 0.6) is 5.75 Å². The van der Waals surface area contributed by atoms with Crippen LogP contribution in [0.1, 0.15) is 43.6 Å². The molecule has 0 saturated heterocycles. The Kier molecular flexibility index (Phi) is 6.32. The van der Waals surface area contributed by atoms with E-state index in [0.29, 0.717) is 35.0 Å². The molecule has 0 radical (unpaired) electrons. The largest absolute Gasteiger partial charge is 0.486 e. The van der Waals surface area contributed by atoms with Gasteiger partial charge in [-0.25, -0.2) is 0 Å². The Morgan fingerprint density at radius 3 is 2.90 bits per heavy atom. The Bertz CT molecular complexity index is 1050. The second kappa shape index (κ2) is 9.14. The number of halogens is 1. The second-order valence-electron chi connectivity index (χ2n) is 7.58. The van der Waals surface area contributed by atoms with Crippen molar-refractivity contribution in [3.05, 3.63) is 75.9 Å². The van der Waals surface area contributed by atoms with E-state index < -0.39 is 17.8 Å². The third-order valence-electron chi connectivity index (χ3n) is 5.49. The third-order valence-corrected chi connectivity index (χ3v) is 5.99. The topological polar surface area (TPSA) is 77.8 Å².